The van der Waals surface area contributed by atoms with Crippen molar-refractivity contribution in [2.45, 2.75) is 50.7 Å². The highest BCUT2D eigenvalue weighted by Crippen LogP contribution is 2.26. The Morgan fingerprint density at radius 2 is 1.46 bits per heavy atom. The van der Waals surface area contributed by atoms with E-state index in [2.05, 4.69) is 5.32 Å². The van der Waals surface area contributed by atoms with Gasteiger partial charge in [-0.25, -0.2) is 8.42 Å². The summed E-state index contributed by atoms with van der Waals surface area (Å²) in [5.41, 5.74) is 1.11. The van der Waals surface area contributed by atoms with Gasteiger partial charge in [0, 0.05) is 17.6 Å². The summed E-state index contributed by atoms with van der Waals surface area (Å²) in [6, 6.07) is 22.6. The van der Waals surface area contributed by atoms with E-state index in [1.807, 2.05) is 44.2 Å². The largest absolute Gasteiger partial charge is 0.352 e. The van der Waals surface area contributed by atoms with Crippen molar-refractivity contribution in [1.29, 1.82) is 0 Å². The summed E-state index contributed by atoms with van der Waals surface area (Å²) in [5.74, 6) is -0.812. The SMILES string of the molecule is CC[C@H](C)NC(=O)[C@@H](C)N(Cc1ccccc1)C(=O)CN(c1ccc(Cl)cc1)S(=O)(=O)c1ccccc1. The van der Waals surface area contributed by atoms with Crippen LogP contribution < -0.4 is 9.62 Å². The normalized spacial score (nSPS) is 12.9. The van der Waals surface area contributed by atoms with Gasteiger partial charge in [0.05, 0.1) is 10.6 Å². The van der Waals surface area contributed by atoms with Gasteiger partial charge in [-0.3, -0.25) is 13.9 Å². The molecule has 2 atom stereocenters. The van der Waals surface area contributed by atoms with Crippen LogP contribution in [0, 0.1) is 0 Å². The fraction of sp³-hybridized carbons (Fsp3) is 0.286. The van der Waals surface area contributed by atoms with E-state index >= 15 is 0 Å². The third-order valence-corrected chi connectivity index (χ3v) is 8.13. The van der Waals surface area contributed by atoms with Gasteiger partial charge in [-0.2, -0.15) is 0 Å². The van der Waals surface area contributed by atoms with Gasteiger partial charge in [-0.15, -0.1) is 0 Å². The Morgan fingerprint density at radius 3 is 2.03 bits per heavy atom. The van der Waals surface area contributed by atoms with Crippen molar-refractivity contribution >= 4 is 39.1 Å². The Morgan fingerprint density at radius 1 is 0.892 bits per heavy atom. The number of benzene rings is 3. The van der Waals surface area contributed by atoms with E-state index in [0.29, 0.717) is 5.02 Å². The first-order valence-electron chi connectivity index (χ1n) is 12.1. The Kier molecular flexibility index (Phi) is 9.72. The zero-order valence-electron chi connectivity index (χ0n) is 21.2. The van der Waals surface area contributed by atoms with Gasteiger partial charge < -0.3 is 10.2 Å². The summed E-state index contributed by atoms with van der Waals surface area (Å²) >= 11 is 6.04. The average molecular weight is 542 g/mol. The number of halogens is 1. The molecule has 1 N–H and O–H groups in total. The maximum absolute atomic E-state index is 13.8. The molecule has 0 aliphatic rings. The van der Waals surface area contributed by atoms with Crippen LogP contribution in [0.15, 0.2) is 89.8 Å². The molecule has 0 heterocycles. The number of carbonyl (C=O) groups is 2. The number of hydrogen-bond acceptors (Lipinski definition) is 4. The van der Waals surface area contributed by atoms with Crippen molar-refractivity contribution in [2.24, 2.45) is 0 Å². The van der Waals surface area contributed by atoms with E-state index < -0.39 is 28.5 Å². The van der Waals surface area contributed by atoms with E-state index in [4.69, 9.17) is 11.6 Å². The molecule has 2 amide bonds. The van der Waals surface area contributed by atoms with Gasteiger partial charge in [0.15, 0.2) is 0 Å². The molecule has 0 fully saturated rings. The maximum Gasteiger partial charge on any atom is 0.264 e. The Bertz CT molecular complexity index is 1290. The highest BCUT2D eigenvalue weighted by atomic mass is 35.5. The minimum atomic E-state index is -4.10. The third kappa shape index (κ3) is 7.33. The zero-order chi connectivity index (χ0) is 27.0. The van der Waals surface area contributed by atoms with Gasteiger partial charge in [0.25, 0.3) is 10.0 Å². The first kappa shape index (κ1) is 28.2. The molecule has 0 aliphatic heterocycles. The molecule has 0 saturated heterocycles. The van der Waals surface area contributed by atoms with Crippen molar-refractivity contribution in [1.82, 2.24) is 10.2 Å². The number of anilines is 1. The van der Waals surface area contributed by atoms with Crippen LogP contribution in [-0.4, -0.2) is 43.8 Å². The second-order valence-corrected chi connectivity index (χ2v) is 11.1. The summed E-state index contributed by atoms with van der Waals surface area (Å²) in [5, 5.41) is 3.36. The van der Waals surface area contributed by atoms with Gasteiger partial charge in [0.2, 0.25) is 11.8 Å². The fourth-order valence-electron chi connectivity index (χ4n) is 3.68. The number of sulfonamides is 1. The summed E-state index contributed by atoms with van der Waals surface area (Å²) < 4.78 is 28.4. The molecule has 9 heteroatoms. The molecule has 7 nitrogen and oxygen atoms in total. The zero-order valence-corrected chi connectivity index (χ0v) is 22.7. The molecule has 0 radical (unpaired) electrons. The quantitative estimate of drug-likeness (QED) is 0.375. The van der Waals surface area contributed by atoms with Crippen molar-refractivity contribution in [3.63, 3.8) is 0 Å². The number of hydrogen-bond donors (Lipinski definition) is 1. The van der Waals surface area contributed by atoms with E-state index in [1.54, 1.807) is 49.4 Å². The highest BCUT2D eigenvalue weighted by Gasteiger charge is 2.32. The number of carbonyl (C=O) groups excluding carboxylic acids is 2. The van der Waals surface area contributed by atoms with E-state index in [0.717, 1.165) is 16.3 Å². The monoisotopic (exact) mass is 541 g/mol. The Labute approximate surface area is 224 Å². The van der Waals surface area contributed by atoms with E-state index in [-0.39, 0.29) is 29.1 Å². The summed E-state index contributed by atoms with van der Waals surface area (Å²) in [6.07, 6.45) is 0.741. The summed E-state index contributed by atoms with van der Waals surface area (Å²) in [4.78, 5) is 28.3. The lowest BCUT2D eigenvalue weighted by Crippen LogP contribution is -2.52. The molecule has 37 heavy (non-hydrogen) atoms. The first-order chi connectivity index (χ1) is 17.6. The van der Waals surface area contributed by atoms with Crippen molar-refractivity contribution < 1.29 is 18.0 Å². The van der Waals surface area contributed by atoms with Crippen LogP contribution in [0.5, 0.6) is 0 Å². The summed E-state index contributed by atoms with van der Waals surface area (Å²) in [7, 11) is -4.10. The number of nitrogens with zero attached hydrogens (tertiary/aromatic N) is 2. The standard InChI is InChI=1S/C28H32ClN3O4S/c1-4-21(2)30-28(34)22(3)31(19-23-11-7-5-8-12-23)27(33)20-32(25-17-15-24(29)16-18-25)37(35,36)26-13-9-6-10-14-26/h5-18,21-22H,4,19-20H2,1-3H3,(H,30,34)/t21-,22+/m0/s1. The Balaban J connectivity index is 1.99. The maximum atomic E-state index is 13.8. The van der Waals surface area contributed by atoms with Gasteiger partial charge in [-0.1, -0.05) is 67.1 Å². The van der Waals surface area contributed by atoms with E-state index in [1.165, 1.54) is 17.0 Å². The molecule has 0 bridgehead atoms. The number of rotatable bonds is 11. The van der Waals surface area contributed by atoms with Crippen molar-refractivity contribution in [3.05, 3.63) is 95.5 Å². The minimum Gasteiger partial charge on any atom is -0.352 e. The van der Waals surface area contributed by atoms with Gasteiger partial charge in [-0.05, 0) is 62.2 Å². The van der Waals surface area contributed by atoms with Gasteiger partial charge >= 0.3 is 0 Å². The third-order valence-electron chi connectivity index (χ3n) is 6.09. The van der Waals surface area contributed by atoms with Crippen LogP contribution in [0.2, 0.25) is 5.02 Å². The second kappa shape index (κ2) is 12.7. The van der Waals surface area contributed by atoms with Crippen LogP contribution in [-0.2, 0) is 26.2 Å². The van der Waals surface area contributed by atoms with Crippen LogP contribution in [0.1, 0.15) is 32.8 Å². The highest BCUT2D eigenvalue weighted by molar-refractivity contribution is 7.92. The summed E-state index contributed by atoms with van der Waals surface area (Å²) in [6.45, 7) is 5.15. The second-order valence-electron chi connectivity index (χ2n) is 8.80. The molecule has 0 unspecified atom stereocenters. The molecule has 3 aromatic rings. The van der Waals surface area contributed by atoms with Crippen LogP contribution >= 0.6 is 11.6 Å². The van der Waals surface area contributed by atoms with Crippen molar-refractivity contribution in [3.8, 4) is 0 Å². The molecular weight excluding hydrogens is 510 g/mol. The molecule has 0 aliphatic carbocycles. The molecule has 196 valence electrons. The topological polar surface area (TPSA) is 86.8 Å². The predicted octanol–water partition coefficient (Wildman–Crippen LogP) is 4.87. The lowest BCUT2D eigenvalue weighted by molar-refractivity contribution is -0.139. The molecule has 0 saturated carbocycles. The van der Waals surface area contributed by atoms with Crippen molar-refractivity contribution in [2.75, 3.05) is 10.8 Å². The first-order valence-corrected chi connectivity index (χ1v) is 13.9. The average Bonchev–Trinajstić information content (AvgIpc) is 2.91. The smallest absolute Gasteiger partial charge is 0.264 e. The fourth-order valence-corrected chi connectivity index (χ4v) is 5.25. The van der Waals surface area contributed by atoms with Crippen LogP contribution in [0.3, 0.4) is 0 Å². The van der Waals surface area contributed by atoms with Gasteiger partial charge in [0.1, 0.15) is 12.6 Å². The molecule has 0 spiro atoms. The molecule has 3 rings (SSSR count). The predicted molar refractivity (Wildman–Crippen MR) is 147 cm³/mol. The number of amides is 2. The van der Waals surface area contributed by atoms with E-state index in [9.17, 15) is 18.0 Å². The van der Waals surface area contributed by atoms with Crippen LogP contribution in [0.4, 0.5) is 5.69 Å². The molecule has 3 aromatic carbocycles. The number of nitrogens with one attached hydrogen (secondary N) is 1. The Hall–Kier alpha value is -3.36. The van der Waals surface area contributed by atoms with Crippen LogP contribution in [0.25, 0.3) is 0 Å². The molecular formula is C28H32ClN3O4S. The lowest BCUT2D eigenvalue weighted by atomic mass is 10.1. The lowest BCUT2D eigenvalue weighted by Gasteiger charge is -2.32. The molecule has 0 aromatic heterocycles. The minimum absolute atomic E-state index is 0.0509.